The predicted octanol–water partition coefficient (Wildman–Crippen LogP) is -0.419. The minimum absolute atomic E-state index is 0.0649. The van der Waals surface area contributed by atoms with Crippen molar-refractivity contribution < 1.29 is 9.53 Å². The summed E-state index contributed by atoms with van der Waals surface area (Å²) in [5.74, 6) is -0.0832. The maximum Gasteiger partial charge on any atom is 0.220 e. The van der Waals surface area contributed by atoms with Gasteiger partial charge in [0.15, 0.2) is 0 Å². The Hall–Kier alpha value is -0.610. The van der Waals surface area contributed by atoms with Crippen molar-refractivity contribution in [3.63, 3.8) is 0 Å². The van der Waals surface area contributed by atoms with Gasteiger partial charge >= 0.3 is 0 Å². The SMILES string of the molecule is CN1C2COCC1CC(C(N)=O)C2. The van der Waals surface area contributed by atoms with E-state index in [2.05, 4.69) is 11.9 Å². The molecule has 0 aromatic heterocycles. The van der Waals surface area contributed by atoms with Crippen molar-refractivity contribution in [1.82, 2.24) is 4.90 Å². The number of morpholine rings is 1. The van der Waals surface area contributed by atoms with E-state index in [1.807, 2.05) is 0 Å². The fourth-order valence-electron chi connectivity index (χ4n) is 2.33. The molecule has 13 heavy (non-hydrogen) atoms. The van der Waals surface area contributed by atoms with Crippen molar-refractivity contribution >= 4 is 5.91 Å². The monoisotopic (exact) mass is 184 g/mol. The number of nitrogens with zero attached hydrogens (tertiary/aromatic N) is 1. The lowest BCUT2D eigenvalue weighted by molar-refractivity contribution is -0.130. The lowest BCUT2D eigenvalue weighted by Crippen LogP contribution is -2.56. The molecule has 2 aliphatic rings. The molecule has 0 spiro atoms. The van der Waals surface area contributed by atoms with E-state index in [1.54, 1.807) is 0 Å². The Balaban J connectivity index is 2.07. The number of rotatable bonds is 1. The van der Waals surface area contributed by atoms with Gasteiger partial charge in [-0.25, -0.2) is 0 Å². The summed E-state index contributed by atoms with van der Waals surface area (Å²) in [5.41, 5.74) is 5.32. The number of fused-ring (bicyclic) bond motifs is 2. The molecule has 2 atom stereocenters. The maximum absolute atomic E-state index is 11.1. The zero-order valence-electron chi connectivity index (χ0n) is 7.90. The number of hydrogen-bond donors (Lipinski definition) is 1. The molecule has 2 bridgehead atoms. The second kappa shape index (κ2) is 3.27. The van der Waals surface area contributed by atoms with Gasteiger partial charge in [0, 0.05) is 18.0 Å². The zero-order valence-corrected chi connectivity index (χ0v) is 7.90. The fourth-order valence-corrected chi connectivity index (χ4v) is 2.33. The van der Waals surface area contributed by atoms with Crippen LogP contribution in [0.4, 0.5) is 0 Å². The van der Waals surface area contributed by atoms with Crippen molar-refractivity contribution in [3.05, 3.63) is 0 Å². The second-order valence-electron chi connectivity index (χ2n) is 4.08. The number of piperidine rings is 1. The molecular weight excluding hydrogens is 168 g/mol. The molecule has 0 aromatic rings. The average Bonchev–Trinajstić information content (AvgIpc) is 2.02. The number of primary amides is 1. The van der Waals surface area contributed by atoms with Gasteiger partial charge in [0.2, 0.25) is 5.91 Å². The third-order valence-corrected chi connectivity index (χ3v) is 3.29. The summed E-state index contributed by atoms with van der Waals surface area (Å²) in [6, 6.07) is 0.787. The normalized spacial score (nSPS) is 40.2. The van der Waals surface area contributed by atoms with E-state index < -0.39 is 0 Å². The molecular formula is C9H16N2O2. The Labute approximate surface area is 78.0 Å². The first-order valence-electron chi connectivity index (χ1n) is 4.77. The van der Waals surface area contributed by atoms with Gasteiger partial charge in [0.1, 0.15) is 0 Å². The Morgan fingerprint density at radius 2 is 1.92 bits per heavy atom. The summed E-state index contributed by atoms with van der Waals surface area (Å²) < 4.78 is 5.44. The van der Waals surface area contributed by atoms with Crippen LogP contribution in [0.1, 0.15) is 12.8 Å². The zero-order chi connectivity index (χ0) is 9.42. The number of carbonyl (C=O) groups excluding carboxylic acids is 1. The van der Waals surface area contributed by atoms with Gasteiger partial charge in [0.25, 0.3) is 0 Å². The Morgan fingerprint density at radius 1 is 1.38 bits per heavy atom. The average molecular weight is 184 g/mol. The molecule has 0 aromatic carbocycles. The van der Waals surface area contributed by atoms with Crippen LogP contribution in [0.15, 0.2) is 0 Å². The smallest absolute Gasteiger partial charge is 0.220 e. The molecule has 4 nitrogen and oxygen atoms in total. The van der Waals surface area contributed by atoms with Gasteiger partial charge in [-0.15, -0.1) is 0 Å². The van der Waals surface area contributed by atoms with E-state index >= 15 is 0 Å². The minimum Gasteiger partial charge on any atom is -0.378 e. The van der Waals surface area contributed by atoms with E-state index in [4.69, 9.17) is 10.5 Å². The van der Waals surface area contributed by atoms with Crippen LogP contribution in [-0.2, 0) is 9.53 Å². The number of nitrogens with two attached hydrogens (primary N) is 1. The van der Waals surface area contributed by atoms with Gasteiger partial charge in [-0.05, 0) is 19.9 Å². The summed E-state index contributed by atoms with van der Waals surface area (Å²) >= 11 is 0. The molecule has 74 valence electrons. The highest BCUT2D eigenvalue weighted by molar-refractivity contribution is 5.76. The third-order valence-electron chi connectivity index (χ3n) is 3.29. The number of carbonyl (C=O) groups is 1. The summed E-state index contributed by atoms with van der Waals surface area (Å²) in [4.78, 5) is 13.4. The molecule has 2 unspecified atom stereocenters. The van der Waals surface area contributed by atoms with Crippen LogP contribution in [0.5, 0.6) is 0 Å². The number of hydrogen-bond acceptors (Lipinski definition) is 3. The van der Waals surface area contributed by atoms with E-state index in [0.717, 1.165) is 26.1 Å². The number of likely N-dealkylation sites (N-methyl/N-ethyl adjacent to an activating group) is 1. The second-order valence-corrected chi connectivity index (χ2v) is 4.08. The highest BCUT2D eigenvalue weighted by atomic mass is 16.5. The van der Waals surface area contributed by atoms with Crippen LogP contribution < -0.4 is 5.73 Å². The maximum atomic E-state index is 11.1. The summed E-state index contributed by atoms with van der Waals surface area (Å²) in [6.07, 6.45) is 1.73. The van der Waals surface area contributed by atoms with Crippen LogP contribution in [0.2, 0.25) is 0 Å². The Morgan fingerprint density at radius 3 is 2.38 bits per heavy atom. The highest BCUT2D eigenvalue weighted by Gasteiger charge is 2.38. The van der Waals surface area contributed by atoms with E-state index in [-0.39, 0.29) is 11.8 Å². The Kier molecular flexibility index (Phi) is 2.26. The highest BCUT2D eigenvalue weighted by Crippen LogP contribution is 2.29. The molecule has 2 saturated heterocycles. The first-order valence-corrected chi connectivity index (χ1v) is 4.77. The van der Waals surface area contributed by atoms with E-state index in [0.29, 0.717) is 12.1 Å². The van der Waals surface area contributed by atoms with Crippen molar-refractivity contribution in [2.24, 2.45) is 11.7 Å². The van der Waals surface area contributed by atoms with Crippen LogP contribution >= 0.6 is 0 Å². The molecule has 2 fully saturated rings. The van der Waals surface area contributed by atoms with Gasteiger partial charge in [-0.1, -0.05) is 0 Å². The molecule has 4 heteroatoms. The van der Waals surface area contributed by atoms with Crippen molar-refractivity contribution in [1.29, 1.82) is 0 Å². The van der Waals surface area contributed by atoms with Crippen molar-refractivity contribution in [3.8, 4) is 0 Å². The van der Waals surface area contributed by atoms with Gasteiger partial charge in [-0.2, -0.15) is 0 Å². The quantitative estimate of drug-likeness (QED) is 0.602. The van der Waals surface area contributed by atoms with E-state index in [1.165, 1.54) is 0 Å². The molecule has 0 saturated carbocycles. The number of amides is 1. The van der Waals surface area contributed by atoms with Crippen LogP contribution in [0.25, 0.3) is 0 Å². The summed E-state index contributed by atoms with van der Waals surface area (Å²) in [7, 11) is 2.11. The molecule has 2 aliphatic heterocycles. The van der Waals surface area contributed by atoms with Gasteiger partial charge < -0.3 is 10.5 Å². The van der Waals surface area contributed by atoms with E-state index in [9.17, 15) is 4.79 Å². The summed E-state index contributed by atoms with van der Waals surface area (Å²) in [5, 5.41) is 0. The standard InChI is InChI=1S/C9H16N2O2/c1-11-7-2-6(9(10)12)3-8(11)5-13-4-7/h6-8H,2-5H2,1H3,(H2,10,12). The van der Waals surface area contributed by atoms with Gasteiger partial charge in [0.05, 0.1) is 13.2 Å². The molecule has 0 radical (unpaired) electrons. The van der Waals surface area contributed by atoms with Crippen LogP contribution in [0.3, 0.4) is 0 Å². The lowest BCUT2D eigenvalue weighted by Gasteiger charge is -2.45. The van der Waals surface area contributed by atoms with Crippen LogP contribution in [-0.4, -0.2) is 43.2 Å². The number of ether oxygens (including phenoxy) is 1. The molecule has 0 aliphatic carbocycles. The largest absolute Gasteiger partial charge is 0.378 e. The molecule has 2 rings (SSSR count). The van der Waals surface area contributed by atoms with Crippen molar-refractivity contribution in [2.45, 2.75) is 24.9 Å². The third kappa shape index (κ3) is 1.56. The molecule has 2 heterocycles. The molecule has 1 amide bonds. The van der Waals surface area contributed by atoms with Crippen molar-refractivity contribution in [2.75, 3.05) is 20.3 Å². The fraction of sp³-hybridized carbons (Fsp3) is 0.889. The van der Waals surface area contributed by atoms with Crippen LogP contribution in [0, 0.1) is 5.92 Å². The lowest BCUT2D eigenvalue weighted by atomic mass is 9.85. The summed E-state index contributed by atoms with van der Waals surface area (Å²) in [6.45, 7) is 1.49. The minimum atomic E-state index is -0.148. The Bertz CT molecular complexity index is 206. The first kappa shape index (κ1) is 8.97. The topological polar surface area (TPSA) is 55.6 Å². The predicted molar refractivity (Wildman–Crippen MR) is 48.1 cm³/mol. The molecule has 2 N–H and O–H groups in total. The van der Waals surface area contributed by atoms with Gasteiger partial charge in [-0.3, -0.25) is 9.69 Å². The first-order chi connectivity index (χ1) is 6.18.